The van der Waals surface area contributed by atoms with E-state index < -0.39 is 40.0 Å². The zero-order valence-corrected chi connectivity index (χ0v) is 12.5. The third-order valence-electron chi connectivity index (χ3n) is 2.74. The van der Waals surface area contributed by atoms with Gasteiger partial charge in [-0.05, 0) is 12.1 Å². The van der Waals surface area contributed by atoms with Crippen LogP contribution >= 0.6 is 11.6 Å². The van der Waals surface area contributed by atoms with E-state index >= 15 is 0 Å². The number of hydroxylamine groups is 2. The molecule has 0 bridgehead atoms. The van der Waals surface area contributed by atoms with Crippen LogP contribution in [-0.2, 0) is 11.0 Å². The highest BCUT2D eigenvalue weighted by Crippen LogP contribution is 2.34. The Labute approximate surface area is 132 Å². The van der Waals surface area contributed by atoms with Crippen molar-refractivity contribution in [1.82, 2.24) is 5.06 Å². The molecule has 0 saturated heterocycles. The van der Waals surface area contributed by atoms with E-state index in [0.29, 0.717) is 12.1 Å². The van der Waals surface area contributed by atoms with Crippen LogP contribution in [0.5, 0.6) is 0 Å². The van der Waals surface area contributed by atoms with Gasteiger partial charge < -0.3 is 0 Å². The second-order valence-corrected chi connectivity index (χ2v) is 4.62. The Morgan fingerprint density at radius 1 is 1.09 bits per heavy atom. The topological polar surface area (TPSA) is 29.5 Å². The smallest absolute Gasteiger partial charge is 0.288 e. The van der Waals surface area contributed by atoms with E-state index in [2.05, 4.69) is 4.84 Å². The second-order valence-electron chi connectivity index (χ2n) is 4.24. The van der Waals surface area contributed by atoms with Crippen LogP contribution in [0.1, 0.15) is 15.9 Å². The highest BCUT2D eigenvalue weighted by Gasteiger charge is 2.41. The summed E-state index contributed by atoms with van der Waals surface area (Å²) in [5, 5.41) is -0.980. The molecule has 128 valence electrons. The maximum Gasteiger partial charge on any atom is 0.435 e. The summed E-state index contributed by atoms with van der Waals surface area (Å²) in [5.74, 6) is -1.28. The van der Waals surface area contributed by atoms with E-state index in [4.69, 9.17) is 11.6 Å². The Bertz CT molecular complexity index is 606. The minimum atomic E-state index is -5.00. The predicted octanol–water partition coefficient (Wildman–Crippen LogP) is 4.39. The molecular formula is C13H10ClF6NO2. The molecule has 0 radical (unpaired) electrons. The highest BCUT2D eigenvalue weighted by atomic mass is 35.5. The quantitative estimate of drug-likeness (QED) is 0.345. The summed E-state index contributed by atoms with van der Waals surface area (Å²) in [5.41, 5.74) is -3.03. The lowest BCUT2D eigenvalue weighted by molar-refractivity contribution is -0.170. The van der Waals surface area contributed by atoms with E-state index in [-0.39, 0.29) is 5.06 Å². The fourth-order valence-corrected chi connectivity index (χ4v) is 1.91. The van der Waals surface area contributed by atoms with Gasteiger partial charge >= 0.3 is 12.4 Å². The van der Waals surface area contributed by atoms with Gasteiger partial charge in [-0.1, -0.05) is 23.7 Å². The third-order valence-corrected chi connectivity index (χ3v) is 3.09. The number of benzene rings is 1. The maximum absolute atomic E-state index is 12.9. The van der Waals surface area contributed by atoms with Crippen molar-refractivity contribution in [1.29, 1.82) is 0 Å². The molecule has 0 N–H and O–H groups in total. The Balaban J connectivity index is 3.27. The first-order chi connectivity index (χ1) is 10.4. The Hall–Kier alpha value is -1.74. The molecule has 23 heavy (non-hydrogen) atoms. The van der Waals surface area contributed by atoms with Gasteiger partial charge in [-0.25, -0.2) is 0 Å². The lowest BCUT2D eigenvalue weighted by atomic mass is 10.1. The number of nitrogens with zero attached hydrogens (tertiary/aromatic N) is 1. The maximum atomic E-state index is 12.9. The molecule has 0 atom stereocenters. The molecule has 0 aliphatic heterocycles. The van der Waals surface area contributed by atoms with Crippen LogP contribution in [0.15, 0.2) is 35.0 Å². The summed E-state index contributed by atoms with van der Waals surface area (Å²) in [4.78, 5) is 16.3. The minimum absolute atomic E-state index is 0.240. The molecule has 0 spiro atoms. The molecule has 0 heterocycles. The molecule has 1 rings (SSSR count). The summed E-state index contributed by atoms with van der Waals surface area (Å²) < 4.78 is 76.1. The molecule has 1 aromatic carbocycles. The Morgan fingerprint density at radius 2 is 1.57 bits per heavy atom. The summed E-state index contributed by atoms with van der Waals surface area (Å²) in [7, 11) is 1.81. The van der Waals surface area contributed by atoms with E-state index in [9.17, 15) is 31.1 Å². The monoisotopic (exact) mass is 361 g/mol. The number of allylic oxidation sites excluding steroid dienone is 2. The van der Waals surface area contributed by atoms with Crippen molar-refractivity contribution < 1.29 is 36.0 Å². The number of alkyl halides is 6. The molecule has 0 saturated carbocycles. The van der Waals surface area contributed by atoms with Gasteiger partial charge in [0.25, 0.3) is 0 Å². The minimum Gasteiger partial charge on any atom is -0.288 e. The number of carbonyl (C=O) groups is 1. The Kier molecular flexibility index (Phi) is 5.70. The molecule has 1 aromatic rings. The fraction of sp³-hybridized carbons (Fsp3) is 0.308. The SMILES string of the molecule is CON(C)/C(=C(/Cl)C(=O)c1ccc(C(F)(F)F)cc1)C(F)(F)F. The first-order valence-electron chi connectivity index (χ1n) is 5.86. The van der Waals surface area contributed by atoms with Crippen molar-refractivity contribution in [3.63, 3.8) is 0 Å². The van der Waals surface area contributed by atoms with Crippen LogP contribution in [-0.4, -0.2) is 31.2 Å². The number of Topliss-reactive ketones (excluding diaryl/α,β-unsaturated/α-hetero) is 1. The van der Waals surface area contributed by atoms with Gasteiger partial charge in [-0.3, -0.25) is 14.7 Å². The van der Waals surface area contributed by atoms with Crippen molar-refractivity contribution in [2.24, 2.45) is 0 Å². The van der Waals surface area contributed by atoms with Crippen LogP contribution in [0.4, 0.5) is 26.3 Å². The second kappa shape index (κ2) is 6.79. The Morgan fingerprint density at radius 3 is 1.91 bits per heavy atom. The molecule has 0 amide bonds. The molecule has 10 heteroatoms. The average molecular weight is 362 g/mol. The van der Waals surface area contributed by atoms with Crippen LogP contribution in [0.25, 0.3) is 0 Å². The number of hydrogen-bond donors (Lipinski definition) is 0. The van der Waals surface area contributed by atoms with Crippen LogP contribution in [0, 0.1) is 0 Å². The van der Waals surface area contributed by atoms with E-state index in [0.717, 1.165) is 26.3 Å². The van der Waals surface area contributed by atoms with Gasteiger partial charge in [0.15, 0.2) is 5.70 Å². The van der Waals surface area contributed by atoms with Crippen molar-refractivity contribution >= 4 is 17.4 Å². The van der Waals surface area contributed by atoms with Crippen LogP contribution in [0.2, 0.25) is 0 Å². The highest BCUT2D eigenvalue weighted by molar-refractivity contribution is 6.45. The zero-order valence-electron chi connectivity index (χ0n) is 11.7. The van der Waals surface area contributed by atoms with Crippen molar-refractivity contribution in [3.8, 4) is 0 Å². The van der Waals surface area contributed by atoms with E-state index in [1.807, 2.05) is 0 Å². The van der Waals surface area contributed by atoms with Gasteiger partial charge in [0.1, 0.15) is 5.03 Å². The van der Waals surface area contributed by atoms with Gasteiger partial charge in [-0.2, -0.15) is 26.3 Å². The third kappa shape index (κ3) is 4.61. The van der Waals surface area contributed by atoms with Crippen LogP contribution in [0.3, 0.4) is 0 Å². The van der Waals surface area contributed by atoms with E-state index in [1.165, 1.54) is 0 Å². The lowest BCUT2D eigenvalue weighted by Gasteiger charge is -2.22. The van der Waals surface area contributed by atoms with Crippen molar-refractivity contribution in [2.45, 2.75) is 12.4 Å². The number of halogens is 7. The van der Waals surface area contributed by atoms with Crippen molar-refractivity contribution in [2.75, 3.05) is 14.2 Å². The standard InChI is InChI=1S/C13H10ClF6NO2/c1-21(23-2)11(13(18,19)20)9(14)10(22)7-3-5-8(6-4-7)12(15,16)17/h3-6H,1-2H3/b11-9+. The normalized spacial score (nSPS) is 13.6. The van der Waals surface area contributed by atoms with Gasteiger partial charge in [-0.15, -0.1) is 0 Å². The molecule has 0 unspecified atom stereocenters. The molecule has 0 aliphatic rings. The first kappa shape index (κ1) is 19.3. The molecule has 0 aromatic heterocycles. The lowest BCUT2D eigenvalue weighted by Crippen LogP contribution is -2.30. The number of ketones is 1. The van der Waals surface area contributed by atoms with Gasteiger partial charge in [0.05, 0.1) is 12.7 Å². The number of carbonyl (C=O) groups excluding carboxylic acids is 1. The van der Waals surface area contributed by atoms with Gasteiger partial charge in [0, 0.05) is 12.6 Å². The molecular weight excluding hydrogens is 352 g/mol. The number of hydrogen-bond acceptors (Lipinski definition) is 3. The zero-order chi connectivity index (χ0) is 18.0. The van der Waals surface area contributed by atoms with E-state index in [1.54, 1.807) is 0 Å². The fourth-order valence-electron chi connectivity index (χ4n) is 1.58. The molecule has 0 fully saturated rings. The number of rotatable bonds is 4. The summed E-state index contributed by atoms with van der Waals surface area (Å²) >= 11 is 5.49. The first-order valence-corrected chi connectivity index (χ1v) is 6.24. The molecule has 3 nitrogen and oxygen atoms in total. The largest absolute Gasteiger partial charge is 0.435 e. The summed E-state index contributed by atoms with van der Waals surface area (Å²) in [6, 6.07) is 2.64. The molecule has 0 aliphatic carbocycles. The van der Waals surface area contributed by atoms with Crippen LogP contribution < -0.4 is 0 Å². The predicted molar refractivity (Wildman–Crippen MR) is 69.5 cm³/mol. The summed E-state index contributed by atoms with van der Waals surface area (Å²) in [6.07, 6.45) is -9.63. The average Bonchev–Trinajstić information content (AvgIpc) is 2.44. The van der Waals surface area contributed by atoms with Gasteiger partial charge in [0.2, 0.25) is 5.78 Å². The summed E-state index contributed by atoms with van der Waals surface area (Å²) in [6.45, 7) is 0. The van der Waals surface area contributed by atoms with Crippen molar-refractivity contribution in [3.05, 3.63) is 46.1 Å².